The molecule has 2 aromatic carbocycles. The van der Waals surface area contributed by atoms with Crippen molar-refractivity contribution in [1.82, 2.24) is 24.3 Å². The van der Waals surface area contributed by atoms with Gasteiger partial charge in [-0.2, -0.15) is 5.10 Å². The summed E-state index contributed by atoms with van der Waals surface area (Å²) >= 11 is 0. The predicted octanol–water partition coefficient (Wildman–Crippen LogP) is 3.67. The van der Waals surface area contributed by atoms with Gasteiger partial charge < -0.3 is 4.57 Å². The van der Waals surface area contributed by atoms with Gasteiger partial charge in [0.1, 0.15) is 17.2 Å². The highest BCUT2D eigenvalue weighted by atomic mass is 19.1. The molecule has 5 rings (SSSR count). The van der Waals surface area contributed by atoms with Gasteiger partial charge in [-0.25, -0.2) is 13.8 Å². The summed E-state index contributed by atoms with van der Waals surface area (Å²) in [5, 5.41) is 5.18. The quantitative estimate of drug-likeness (QED) is 0.461. The number of rotatable bonds is 3. The maximum absolute atomic E-state index is 14.9. The molecule has 0 saturated carbocycles. The Bertz CT molecular complexity index is 1470. The van der Waals surface area contributed by atoms with Crippen LogP contribution in [0.2, 0.25) is 0 Å². The number of fused-ring (bicyclic) bond motifs is 2. The minimum atomic E-state index is -0.720. The van der Waals surface area contributed by atoms with Crippen LogP contribution < -0.4 is 5.56 Å². The molecule has 0 aliphatic heterocycles. The van der Waals surface area contributed by atoms with E-state index in [0.717, 1.165) is 17.1 Å². The van der Waals surface area contributed by atoms with Crippen LogP contribution in [0, 0.1) is 11.6 Å². The van der Waals surface area contributed by atoms with Crippen molar-refractivity contribution in [3.05, 3.63) is 88.7 Å². The summed E-state index contributed by atoms with van der Waals surface area (Å²) in [5.74, 6) is -1.44. The van der Waals surface area contributed by atoms with Crippen molar-refractivity contribution < 1.29 is 8.78 Å². The van der Waals surface area contributed by atoms with E-state index in [9.17, 15) is 13.6 Å². The first kappa shape index (κ1) is 18.1. The fourth-order valence-electron chi connectivity index (χ4n) is 3.59. The molecule has 0 N–H and O–H groups in total. The molecule has 0 aliphatic carbocycles. The first-order valence-corrected chi connectivity index (χ1v) is 9.21. The number of halogens is 2. The molecular weight excluding hydrogens is 388 g/mol. The third kappa shape index (κ3) is 3.02. The van der Waals surface area contributed by atoms with Crippen LogP contribution in [0.25, 0.3) is 33.1 Å². The largest absolute Gasteiger partial charge is 0.301 e. The highest BCUT2D eigenvalue weighted by molar-refractivity contribution is 5.84. The number of benzene rings is 2. The third-order valence-corrected chi connectivity index (χ3v) is 5.06. The Morgan fingerprint density at radius 1 is 0.967 bits per heavy atom. The molecule has 0 atom stereocenters. The number of nitrogens with zero attached hydrogens (tertiary/aromatic N) is 5. The standard InChI is InChI=1S/C22H15F2N5O/c1-28-11-15-6-13(2-3-19(15)27-28)14-7-17(23)16(18(24)8-14)12-29-21-4-5-25-9-20(21)26-10-22(29)30/h2-11H,12H2,1H3. The molecule has 0 bridgehead atoms. The van der Waals surface area contributed by atoms with E-state index in [4.69, 9.17) is 0 Å². The summed E-state index contributed by atoms with van der Waals surface area (Å²) in [6.07, 6.45) is 5.97. The number of aromatic nitrogens is 5. The minimum Gasteiger partial charge on any atom is -0.301 e. The molecule has 148 valence electrons. The van der Waals surface area contributed by atoms with Crippen LogP contribution in [0.3, 0.4) is 0 Å². The molecule has 3 aromatic heterocycles. The van der Waals surface area contributed by atoms with Crippen LogP contribution in [0.1, 0.15) is 5.56 Å². The van der Waals surface area contributed by atoms with Gasteiger partial charge in [0.2, 0.25) is 0 Å². The summed E-state index contributed by atoms with van der Waals surface area (Å²) < 4.78 is 32.8. The van der Waals surface area contributed by atoms with Crippen LogP contribution in [-0.2, 0) is 13.6 Å². The van der Waals surface area contributed by atoms with Crippen molar-refractivity contribution in [2.75, 3.05) is 0 Å². The fraction of sp³-hybridized carbons (Fsp3) is 0.0909. The van der Waals surface area contributed by atoms with Gasteiger partial charge in [0.25, 0.3) is 5.56 Å². The molecule has 0 spiro atoms. The molecule has 0 aliphatic rings. The molecule has 0 saturated heterocycles. The average molecular weight is 403 g/mol. The van der Waals surface area contributed by atoms with Gasteiger partial charge in [0.05, 0.1) is 30.0 Å². The van der Waals surface area contributed by atoms with E-state index in [-0.39, 0.29) is 12.1 Å². The monoisotopic (exact) mass is 403 g/mol. The first-order valence-electron chi connectivity index (χ1n) is 9.21. The lowest BCUT2D eigenvalue weighted by atomic mass is 10.0. The predicted molar refractivity (Wildman–Crippen MR) is 109 cm³/mol. The minimum absolute atomic E-state index is 0.187. The van der Waals surface area contributed by atoms with Gasteiger partial charge in [0.15, 0.2) is 0 Å². The Kier molecular flexibility index (Phi) is 4.13. The molecule has 5 aromatic rings. The van der Waals surface area contributed by atoms with Gasteiger partial charge in [-0.3, -0.25) is 14.5 Å². The number of pyridine rings is 1. The van der Waals surface area contributed by atoms with E-state index < -0.39 is 17.2 Å². The lowest BCUT2D eigenvalue weighted by Gasteiger charge is -2.12. The number of hydrogen-bond donors (Lipinski definition) is 0. The number of aryl methyl sites for hydroxylation is 1. The second-order valence-electron chi connectivity index (χ2n) is 7.04. The second-order valence-corrected chi connectivity index (χ2v) is 7.04. The SMILES string of the molecule is Cn1cc2cc(-c3cc(F)c(Cn4c(=O)cnc5cnccc54)c(F)c3)ccc2n1. The van der Waals surface area contributed by atoms with Crippen molar-refractivity contribution in [3.8, 4) is 11.1 Å². The van der Waals surface area contributed by atoms with Crippen molar-refractivity contribution >= 4 is 21.9 Å². The molecule has 0 amide bonds. The third-order valence-electron chi connectivity index (χ3n) is 5.06. The Balaban J connectivity index is 1.58. The normalized spacial score (nSPS) is 11.4. The molecule has 3 heterocycles. The molecule has 0 radical (unpaired) electrons. The summed E-state index contributed by atoms with van der Waals surface area (Å²) in [6, 6.07) is 9.58. The molecule has 6 nitrogen and oxygen atoms in total. The lowest BCUT2D eigenvalue weighted by Crippen LogP contribution is -2.22. The average Bonchev–Trinajstić information content (AvgIpc) is 3.11. The Morgan fingerprint density at radius 2 is 1.77 bits per heavy atom. The Morgan fingerprint density at radius 3 is 2.57 bits per heavy atom. The second kappa shape index (κ2) is 6.84. The van der Waals surface area contributed by atoms with Crippen LogP contribution in [0.15, 0.2) is 66.0 Å². The molecule has 0 fully saturated rings. The summed E-state index contributed by atoms with van der Waals surface area (Å²) in [7, 11) is 1.81. The van der Waals surface area contributed by atoms with Gasteiger partial charge in [0, 0.05) is 30.4 Å². The van der Waals surface area contributed by atoms with E-state index >= 15 is 0 Å². The molecule has 0 unspecified atom stereocenters. The molecule has 8 heteroatoms. The van der Waals surface area contributed by atoms with Crippen LogP contribution in [-0.4, -0.2) is 24.3 Å². The van der Waals surface area contributed by atoms with Crippen LogP contribution >= 0.6 is 0 Å². The van der Waals surface area contributed by atoms with Crippen molar-refractivity contribution in [2.24, 2.45) is 7.05 Å². The zero-order valence-electron chi connectivity index (χ0n) is 15.9. The molecule has 30 heavy (non-hydrogen) atoms. The fourth-order valence-corrected chi connectivity index (χ4v) is 3.59. The van der Waals surface area contributed by atoms with Crippen molar-refractivity contribution in [3.63, 3.8) is 0 Å². The zero-order valence-corrected chi connectivity index (χ0v) is 15.9. The smallest absolute Gasteiger partial charge is 0.269 e. The topological polar surface area (TPSA) is 65.6 Å². The van der Waals surface area contributed by atoms with Crippen LogP contribution in [0.4, 0.5) is 8.78 Å². The molecular formula is C22H15F2N5O. The maximum Gasteiger partial charge on any atom is 0.269 e. The highest BCUT2D eigenvalue weighted by Gasteiger charge is 2.15. The lowest BCUT2D eigenvalue weighted by molar-refractivity contribution is 0.545. The van der Waals surface area contributed by atoms with Gasteiger partial charge in [-0.05, 0) is 41.5 Å². The van der Waals surface area contributed by atoms with E-state index in [0.29, 0.717) is 22.2 Å². The van der Waals surface area contributed by atoms with Crippen LogP contribution in [0.5, 0.6) is 0 Å². The van der Waals surface area contributed by atoms with Crippen molar-refractivity contribution in [1.29, 1.82) is 0 Å². The van der Waals surface area contributed by atoms with Crippen molar-refractivity contribution in [2.45, 2.75) is 6.54 Å². The summed E-state index contributed by atoms with van der Waals surface area (Å²) in [6.45, 7) is -0.249. The van der Waals surface area contributed by atoms with Gasteiger partial charge in [-0.15, -0.1) is 0 Å². The highest BCUT2D eigenvalue weighted by Crippen LogP contribution is 2.28. The zero-order chi connectivity index (χ0) is 20.8. The number of hydrogen-bond acceptors (Lipinski definition) is 4. The maximum atomic E-state index is 14.9. The summed E-state index contributed by atoms with van der Waals surface area (Å²) in [5.41, 5.74) is 2.19. The Labute approximate surface area is 169 Å². The Hall–Kier alpha value is -3.94. The summed E-state index contributed by atoms with van der Waals surface area (Å²) in [4.78, 5) is 20.3. The van der Waals surface area contributed by atoms with E-state index in [2.05, 4.69) is 15.1 Å². The first-order chi connectivity index (χ1) is 14.5. The van der Waals surface area contributed by atoms with Gasteiger partial charge >= 0.3 is 0 Å². The van der Waals surface area contributed by atoms with Gasteiger partial charge in [-0.1, -0.05) is 6.07 Å². The van der Waals surface area contributed by atoms with E-state index in [1.165, 1.54) is 29.1 Å². The van der Waals surface area contributed by atoms with E-state index in [1.54, 1.807) is 16.8 Å². The van der Waals surface area contributed by atoms with E-state index in [1.807, 2.05) is 25.4 Å².